The number of hydrogen-bond donors (Lipinski definition) is 2. The summed E-state index contributed by atoms with van der Waals surface area (Å²) in [6.07, 6.45) is 0.698. The minimum absolute atomic E-state index is 0.146. The van der Waals surface area contributed by atoms with Gasteiger partial charge in [0.1, 0.15) is 11.5 Å². The van der Waals surface area contributed by atoms with E-state index in [1.165, 1.54) is 24.3 Å². The molecular weight excluding hydrogens is 380 g/mol. The minimum atomic E-state index is -3.56. The SMILES string of the molecule is CCOc1ccc(NC(=O)COc2ccc(S(=O)(=O)N[C@H](C)CC)cc2)cc1. The highest BCUT2D eigenvalue weighted by Crippen LogP contribution is 2.18. The molecule has 2 rings (SSSR count). The van der Waals surface area contributed by atoms with Crippen LogP contribution in [0.25, 0.3) is 0 Å². The van der Waals surface area contributed by atoms with Crippen LogP contribution < -0.4 is 19.5 Å². The molecule has 28 heavy (non-hydrogen) atoms. The standard InChI is InChI=1S/C20H26N2O5S/c1-4-15(3)22-28(24,25)19-12-10-18(11-13-19)27-14-20(23)21-16-6-8-17(9-7-16)26-5-2/h6-13,15,22H,4-5,14H2,1-3H3,(H,21,23)/t15-/m1/s1. The number of sulfonamides is 1. The average molecular weight is 407 g/mol. The van der Waals surface area contributed by atoms with Gasteiger partial charge in [-0.2, -0.15) is 0 Å². The first kappa shape index (κ1) is 21.7. The van der Waals surface area contributed by atoms with Crippen molar-refractivity contribution in [1.29, 1.82) is 0 Å². The molecule has 0 aliphatic rings. The van der Waals surface area contributed by atoms with E-state index < -0.39 is 10.0 Å². The van der Waals surface area contributed by atoms with Crippen molar-refractivity contribution in [3.05, 3.63) is 48.5 Å². The van der Waals surface area contributed by atoms with Crippen molar-refractivity contribution >= 4 is 21.6 Å². The van der Waals surface area contributed by atoms with Gasteiger partial charge >= 0.3 is 0 Å². The molecule has 0 fully saturated rings. The van der Waals surface area contributed by atoms with Gasteiger partial charge in [-0.1, -0.05) is 6.92 Å². The van der Waals surface area contributed by atoms with E-state index >= 15 is 0 Å². The lowest BCUT2D eigenvalue weighted by Gasteiger charge is -2.12. The molecule has 0 bridgehead atoms. The predicted octanol–water partition coefficient (Wildman–Crippen LogP) is 3.18. The lowest BCUT2D eigenvalue weighted by Crippen LogP contribution is -2.31. The number of benzene rings is 2. The van der Waals surface area contributed by atoms with Crippen LogP contribution in [0, 0.1) is 0 Å². The highest BCUT2D eigenvalue weighted by molar-refractivity contribution is 7.89. The van der Waals surface area contributed by atoms with Gasteiger partial charge in [0.05, 0.1) is 11.5 Å². The van der Waals surface area contributed by atoms with Crippen LogP contribution in [0.5, 0.6) is 11.5 Å². The zero-order valence-electron chi connectivity index (χ0n) is 16.3. The maximum atomic E-state index is 12.2. The number of anilines is 1. The fourth-order valence-corrected chi connectivity index (χ4v) is 3.61. The second-order valence-electron chi connectivity index (χ2n) is 6.20. The third-order valence-electron chi connectivity index (χ3n) is 3.92. The average Bonchev–Trinajstić information content (AvgIpc) is 2.68. The zero-order valence-corrected chi connectivity index (χ0v) is 17.1. The normalized spacial score (nSPS) is 12.2. The summed E-state index contributed by atoms with van der Waals surface area (Å²) in [6.45, 7) is 6.00. The Balaban J connectivity index is 1.87. The van der Waals surface area contributed by atoms with Crippen LogP contribution in [-0.4, -0.2) is 33.6 Å². The van der Waals surface area contributed by atoms with Crippen molar-refractivity contribution in [2.75, 3.05) is 18.5 Å². The first-order chi connectivity index (χ1) is 13.3. The summed E-state index contributed by atoms with van der Waals surface area (Å²) in [4.78, 5) is 12.2. The molecule has 0 aliphatic carbocycles. The smallest absolute Gasteiger partial charge is 0.262 e. The summed E-state index contributed by atoms with van der Waals surface area (Å²) < 4.78 is 37.8. The summed E-state index contributed by atoms with van der Waals surface area (Å²) in [7, 11) is -3.56. The molecule has 8 heteroatoms. The lowest BCUT2D eigenvalue weighted by molar-refractivity contribution is -0.118. The molecule has 0 saturated carbocycles. The third-order valence-corrected chi connectivity index (χ3v) is 5.53. The monoisotopic (exact) mass is 406 g/mol. The quantitative estimate of drug-likeness (QED) is 0.632. The number of nitrogens with one attached hydrogen (secondary N) is 2. The van der Waals surface area contributed by atoms with E-state index in [9.17, 15) is 13.2 Å². The van der Waals surface area contributed by atoms with Gasteiger partial charge in [-0.3, -0.25) is 4.79 Å². The largest absolute Gasteiger partial charge is 0.494 e. The summed E-state index contributed by atoms with van der Waals surface area (Å²) in [6, 6.07) is 12.8. The van der Waals surface area contributed by atoms with Crippen molar-refractivity contribution in [2.24, 2.45) is 0 Å². The molecule has 1 atom stereocenters. The first-order valence-electron chi connectivity index (χ1n) is 9.12. The van der Waals surface area contributed by atoms with Gasteiger partial charge in [0.2, 0.25) is 10.0 Å². The number of amides is 1. The zero-order chi connectivity index (χ0) is 20.6. The Morgan fingerprint density at radius 3 is 2.11 bits per heavy atom. The van der Waals surface area contributed by atoms with E-state index in [0.717, 1.165) is 5.75 Å². The number of carbonyl (C=O) groups excluding carboxylic acids is 1. The van der Waals surface area contributed by atoms with Crippen molar-refractivity contribution in [2.45, 2.75) is 38.1 Å². The Bertz CT molecular complexity index is 864. The minimum Gasteiger partial charge on any atom is -0.494 e. The molecule has 1 amide bonds. The van der Waals surface area contributed by atoms with Crippen molar-refractivity contribution in [1.82, 2.24) is 4.72 Å². The fourth-order valence-electron chi connectivity index (χ4n) is 2.28. The molecule has 0 aliphatic heterocycles. The molecule has 7 nitrogen and oxygen atoms in total. The van der Waals surface area contributed by atoms with E-state index in [2.05, 4.69) is 10.0 Å². The molecule has 0 saturated heterocycles. The third kappa shape index (κ3) is 6.54. The molecule has 0 spiro atoms. The maximum absolute atomic E-state index is 12.2. The van der Waals surface area contributed by atoms with Crippen LogP contribution in [0.15, 0.2) is 53.4 Å². The highest BCUT2D eigenvalue weighted by Gasteiger charge is 2.16. The van der Waals surface area contributed by atoms with Crippen LogP contribution in [-0.2, 0) is 14.8 Å². The molecule has 0 heterocycles. The van der Waals surface area contributed by atoms with E-state index in [4.69, 9.17) is 9.47 Å². The summed E-state index contributed by atoms with van der Waals surface area (Å²) in [5, 5.41) is 2.72. The number of ether oxygens (including phenoxy) is 2. The van der Waals surface area contributed by atoms with Gasteiger partial charge < -0.3 is 14.8 Å². The van der Waals surface area contributed by atoms with Crippen molar-refractivity contribution in [3.63, 3.8) is 0 Å². The maximum Gasteiger partial charge on any atom is 0.262 e. The highest BCUT2D eigenvalue weighted by atomic mass is 32.2. The number of hydrogen-bond acceptors (Lipinski definition) is 5. The molecule has 2 N–H and O–H groups in total. The molecule has 0 radical (unpaired) electrons. The van der Waals surface area contributed by atoms with Gasteiger partial charge in [0.25, 0.3) is 5.91 Å². The molecule has 0 unspecified atom stereocenters. The van der Waals surface area contributed by atoms with Gasteiger partial charge in [0.15, 0.2) is 6.61 Å². The van der Waals surface area contributed by atoms with E-state index in [1.807, 2.05) is 13.8 Å². The molecule has 2 aromatic rings. The number of rotatable bonds is 10. The van der Waals surface area contributed by atoms with Gasteiger partial charge in [-0.25, -0.2) is 13.1 Å². The van der Waals surface area contributed by atoms with Crippen LogP contribution in [0.3, 0.4) is 0 Å². The predicted molar refractivity (Wildman–Crippen MR) is 108 cm³/mol. The Labute approximate surface area is 166 Å². The van der Waals surface area contributed by atoms with Gasteiger partial charge in [0, 0.05) is 11.7 Å². The Kier molecular flexibility index (Phi) is 7.83. The van der Waals surface area contributed by atoms with E-state index in [1.54, 1.807) is 31.2 Å². The van der Waals surface area contributed by atoms with E-state index in [0.29, 0.717) is 24.5 Å². The fraction of sp³-hybridized carbons (Fsp3) is 0.350. The molecule has 2 aromatic carbocycles. The second-order valence-corrected chi connectivity index (χ2v) is 7.91. The summed E-state index contributed by atoms with van der Waals surface area (Å²) >= 11 is 0. The first-order valence-corrected chi connectivity index (χ1v) is 10.6. The van der Waals surface area contributed by atoms with Gasteiger partial charge in [-0.05, 0) is 68.8 Å². The molecular formula is C20H26N2O5S. The van der Waals surface area contributed by atoms with E-state index in [-0.39, 0.29) is 23.5 Å². The molecule has 0 aromatic heterocycles. The number of carbonyl (C=O) groups is 1. The van der Waals surface area contributed by atoms with Crippen LogP contribution in [0.1, 0.15) is 27.2 Å². The Morgan fingerprint density at radius 1 is 0.964 bits per heavy atom. The Hall–Kier alpha value is -2.58. The van der Waals surface area contributed by atoms with Crippen molar-refractivity contribution < 1.29 is 22.7 Å². The topological polar surface area (TPSA) is 93.7 Å². The van der Waals surface area contributed by atoms with Crippen LogP contribution in [0.4, 0.5) is 5.69 Å². The van der Waals surface area contributed by atoms with Crippen LogP contribution >= 0.6 is 0 Å². The second kappa shape index (κ2) is 10.1. The Morgan fingerprint density at radius 2 is 1.54 bits per heavy atom. The lowest BCUT2D eigenvalue weighted by atomic mass is 10.3. The van der Waals surface area contributed by atoms with Crippen LogP contribution in [0.2, 0.25) is 0 Å². The molecule has 152 valence electrons. The van der Waals surface area contributed by atoms with Gasteiger partial charge in [-0.15, -0.1) is 0 Å². The summed E-state index contributed by atoms with van der Waals surface area (Å²) in [5.41, 5.74) is 0.634. The van der Waals surface area contributed by atoms with Crippen molar-refractivity contribution in [3.8, 4) is 11.5 Å². The summed E-state index contributed by atoms with van der Waals surface area (Å²) in [5.74, 6) is 0.818.